The van der Waals surface area contributed by atoms with Gasteiger partial charge in [-0.3, -0.25) is 4.90 Å². The summed E-state index contributed by atoms with van der Waals surface area (Å²) >= 11 is 0. The third-order valence-corrected chi connectivity index (χ3v) is 4.80. The van der Waals surface area contributed by atoms with E-state index in [0.717, 1.165) is 32.7 Å². The van der Waals surface area contributed by atoms with Gasteiger partial charge in [0.05, 0.1) is 0 Å². The highest BCUT2D eigenvalue weighted by molar-refractivity contribution is 4.87. The lowest BCUT2D eigenvalue weighted by molar-refractivity contribution is 0.154. The molecule has 0 bridgehead atoms. The molecule has 0 aromatic carbocycles. The maximum Gasteiger partial charge on any atom is 0.0140 e. The largest absolute Gasteiger partial charge is 0.313 e. The first kappa shape index (κ1) is 22.8. The van der Waals surface area contributed by atoms with Crippen molar-refractivity contribution in [2.45, 2.75) is 91.9 Å². The Bertz CT molecular complexity index is 314. The lowest BCUT2D eigenvalue weighted by atomic mass is 9.94. The number of nitrogens with one attached hydrogen (secondary N) is 3. The Morgan fingerprint density at radius 1 is 1.26 bits per heavy atom. The predicted octanol–water partition coefficient (Wildman–Crippen LogP) is 2.84. The molecular formula is C19H44N4. The van der Waals surface area contributed by atoms with Crippen molar-refractivity contribution >= 4 is 0 Å². The average Bonchev–Trinajstić information content (AvgIpc) is 2.34. The van der Waals surface area contributed by atoms with Crippen LogP contribution in [0.1, 0.15) is 68.7 Å². The van der Waals surface area contributed by atoms with Crippen LogP contribution in [0.4, 0.5) is 0 Å². The molecule has 2 unspecified atom stereocenters. The molecular weight excluding hydrogens is 284 g/mol. The highest BCUT2D eigenvalue weighted by atomic mass is 15.2. The zero-order valence-electron chi connectivity index (χ0n) is 16.1. The van der Waals surface area contributed by atoms with Crippen molar-refractivity contribution < 1.29 is 0 Å². The fraction of sp³-hybridized carbons (Fsp3) is 1.00. The van der Waals surface area contributed by atoms with Crippen molar-refractivity contribution in [3.05, 3.63) is 0 Å². The van der Waals surface area contributed by atoms with E-state index in [4.69, 9.17) is 0 Å². The molecule has 1 fully saturated rings. The zero-order chi connectivity index (χ0) is 16.8. The van der Waals surface area contributed by atoms with Gasteiger partial charge in [0.2, 0.25) is 0 Å². The van der Waals surface area contributed by atoms with Crippen LogP contribution in [0.3, 0.4) is 0 Å². The molecule has 2 atom stereocenters. The SMILES string of the molecule is C.CCNC(C)(C)CC(C)N1CCNC(C)CC(C)(C)NCC1. The van der Waals surface area contributed by atoms with E-state index in [1.807, 2.05) is 0 Å². The van der Waals surface area contributed by atoms with Gasteiger partial charge < -0.3 is 16.0 Å². The van der Waals surface area contributed by atoms with Gasteiger partial charge in [-0.2, -0.15) is 0 Å². The maximum absolute atomic E-state index is 3.73. The van der Waals surface area contributed by atoms with Gasteiger partial charge in [0.15, 0.2) is 0 Å². The second-order valence-electron chi connectivity index (χ2n) is 8.37. The number of hydrogen-bond donors (Lipinski definition) is 3. The van der Waals surface area contributed by atoms with Crippen LogP contribution in [0.25, 0.3) is 0 Å². The summed E-state index contributed by atoms with van der Waals surface area (Å²) in [5, 5.41) is 11.0. The fourth-order valence-electron chi connectivity index (χ4n) is 3.87. The molecule has 0 aromatic heterocycles. The van der Waals surface area contributed by atoms with Crippen LogP contribution >= 0.6 is 0 Å². The van der Waals surface area contributed by atoms with Crippen LogP contribution in [0, 0.1) is 0 Å². The van der Waals surface area contributed by atoms with Crippen LogP contribution in [-0.4, -0.2) is 60.8 Å². The summed E-state index contributed by atoms with van der Waals surface area (Å²) in [5.74, 6) is 0. The molecule has 1 heterocycles. The Balaban J connectivity index is 0.00000484. The van der Waals surface area contributed by atoms with Crippen molar-refractivity contribution in [1.82, 2.24) is 20.9 Å². The topological polar surface area (TPSA) is 39.3 Å². The van der Waals surface area contributed by atoms with E-state index in [9.17, 15) is 0 Å². The molecule has 0 saturated carbocycles. The van der Waals surface area contributed by atoms with Crippen LogP contribution in [0.15, 0.2) is 0 Å². The lowest BCUT2D eigenvalue weighted by Crippen LogP contribution is -2.53. The van der Waals surface area contributed by atoms with Crippen molar-refractivity contribution in [2.75, 3.05) is 32.7 Å². The van der Waals surface area contributed by atoms with Crippen molar-refractivity contribution in [3.63, 3.8) is 0 Å². The second-order valence-corrected chi connectivity index (χ2v) is 8.37. The summed E-state index contributed by atoms with van der Waals surface area (Å²) in [4.78, 5) is 2.63. The lowest BCUT2D eigenvalue weighted by Gasteiger charge is -2.38. The average molecular weight is 329 g/mol. The third kappa shape index (κ3) is 9.04. The minimum Gasteiger partial charge on any atom is -0.313 e. The molecule has 140 valence electrons. The monoisotopic (exact) mass is 328 g/mol. The summed E-state index contributed by atoms with van der Waals surface area (Å²) in [7, 11) is 0. The minimum atomic E-state index is 0. The zero-order valence-corrected chi connectivity index (χ0v) is 16.1. The Hall–Kier alpha value is -0.160. The number of rotatable bonds is 5. The van der Waals surface area contributed by atoms with E-state index < -0.39 is 0 Å². The van der Waals surface area contributed by atoms with Crippen molar-refractivity contribution in [2.24, 2.45) is 0 Å². The van der Waals surface area contributed by atoms with Crippen LogP contribution in [0.2, 0.25) is 0 Å². The van der Waals surface area contributed by atoms with Crippen molar-refractivity contribution in [3.8, 4) is 0 Å². The summed E-state index contributed by atoms with van der Waals surface area (Å²) < 4.78 is 0. The van der Waals surface area contributed by atoms with Crippen LogP contribution in [-0.2, 0) is 0 Å². The molecule has 4 heteroatoms. The Morgan fingerprint density at radius 2 is 1.87 bits per heavy atom. The summed E-state index contributed by atoms with van der Waals surface area (Å²) in [5.41, 5.74) is 0.415. The Morgan fingerprint density at radius 3 is 2.48 bits per heavy atom. The minimum absolute atomic E-state index is 0. The molecule has 1 saturated heterocycles. The van der Waals surface area contributed by atoms with Gasteiger partial charge >= 0.3 is 0 Å². The molecule has 3 N–H and O–H groups in total. The van der Waals surface area contributed by atoms with E-state index in [-0.39, 0.29) is 18.5 Å². The summed E-state index contributed by atoms with van der Waals surface area (Å²) in [6.07, 6.45) is 2.36. The quantitative estimate of drug-likeness (QED) is 0.726. The molecule has 0 amide bonds. The van der Waals surface area contributed by atoms with E-state index in [2.05, 4.69) is 69.3 Å². The summed E-state index contributed by atoms with van der Waals surface area (Å²) in [6.45, 7) is 21.6. The molecule has 1 aliphatic rings. The highest BCUT2D eigenvalue weighted by Crippen LogP contribution is 2.17. The Kier molecular flexibility index (Phi) is 9.90. The molecule has 4 nitrogen and oxygen atoms in total. The van der Waals surface area contributed by atoms with E-state index in [0.29, 0.717) is 12.1 Å². The molecule has 0 spiro atoms. The van der Waals surface area contributed by atoms with Crippen molar-refractivity contribution in [1.29, 1.82) is 0 Å². The van der Waals surface area contributed by atoms with Gasteiger partial charge in [0.1, 0.15) is 0 Å². The molecule has 23 heavy (non-hydrogen) atoms. The molecule has 1 aliphatic heterocycles. The number of nitrogens with zero attached hydrogens (tertiary/aromatic N) is 1. The predicted molar refractivity (Wildman–Crippen MR) is 104 cm³/mol. The molecule has 0 aromatic rings. The smallest absolute Gasteiger partial charge is 0.0140 e. The fourth-order valence-corrected chi connectivity index (χ4v) is 3.87. The molecule has 0 radical (unpaired) electrons. The normalized spacial score (nSPS) is 25.4. The van der Waals surface area contributed by atoms with Crippen LogP contribution in [0.5, 0.6) is 0 Å². The number of hydrogen-bond acceptors (Lipinski definition) is 4. The molecule has 0 aliphatic carbocycles. The first-order chi connectivity index (χ1) is 10.2. The van der Waals surface area contributed by atoms with E-state index >= 15 is 0 Å². The van der Waals surface area contributed by atoms with Gasteiger partial charge in [-0.05, 0) is 60.9 Å². The van der Waals surface area contributed by atoms with Gasteiger partial charge in [0.25, 0.3) is 0 Å². The van der Waals surface area contributed by atoms with E-state index in [1.54, 1.807) is 0 Å². The highest BCUT2D eigenvalue weighted by Gasteiger charge is 2.26. The Labute approximate surface area is 146 Å². The standard InChI is InChI=1S/C18H40N4.CH4/c1-8-20-18(6,7)14-16(3)22-11-9-19-15(2)13-17(4,5)21-10-12-22;/h15-16,19-21H,8-14H2,1-7H3;1H4. The van der Waals surface area contributed by atoms with Gasteiger partial charge in [-0.15, -0.1) is 0 Å². The van der Waals surface area contributed by atoms with Gasteiger partial charge in [-0.25, -0.2) is 0 Å². The van der Waals surface area contributed by atoms with E-state index in [1.165, 1.54) is 12.8 Å². The van der Waals surface area contributed by atoms with Gasteiger partial charge in [0, 0.05) is 49.3 Å². The first-order valence-electron chi connectivity index (χ1n) is 9.13. The van der Waals surface area contributed by atoms with Crippen LogP contribution < -0.4 is 16.0 Å². The second kappa shape index (κ2) is 9.97. The van der Waals surface area contributed by atoms with Gasteiger partial charge in [-0.1, -0.05) is 14.4 Å². The maximum atomic E-state index is 3.73. The first-order valence-corrected chi connectivity index (χ1v) is 9.13. The third-order valence-electron chi connectivity index (χ3n) is 4.80. The molecule has 1 rings (SSSR count). The summed E-state index contributed by atoms with van der Waals surface area (Å²) in [6, 6.07) is 1.16.